The van der Waals surface area contributed by atoms with Gasteiger partial charge in [0, 0.05) is 11.7 Å². The normalized spacial score (nSPS) is 28.3. The Morgan fingerprint density at radius 3 is 2.38 bits per heavy atom. The van der Waals surface area contributed by atoms with E-state index in [9.17, 15) is 14.4 Å². The van der Waals surface area contributed by atoms with E-state index in [1.165, 1.54) is 4.90 Å². The summed E-state index contributed by atoms with van der Waals surface area (Å²) >= 11 is 0. The summed E-state index contributed by atoms with van der Waals surface area (Å²) in [6.07, 6.45) is 5.91. The number of anilines is 1. The van der Waals surface area contributed by atoms with Crippen molar-refractivity contribution in [1.82, 2.24) is 4.90 Å². The van der Waals surface area contributed by atoms with Crippen LogP contribution in [0.15, 0.2) is 36.4 Å². The highest BCUT2D eigenvalue weighted by molar-refractivity contribution is 6.09. The standard InChI is InChI=1S/C19H20N2O3/c1-12-10-13-6-2-5-9-16(13)21(12)17(22)11-20-18(23)14-7-3-4-8-15(14)19(20)24/h2-6,9,12,14-15H,7-8,10-11H2,1H3/t12-,14-,15-/m1/s1. The van der Waals surface area contributed by atoms with Crippen molar-refractivity contribution in [3.05, 3.63) is 42.0 Å². The van der Waals surface area contributed by atoms with Crippen LogP contribution in [0.1, 0.15) is 25.3 Å². The first kappa shape index (κ1) is 15.1. The van der Waals surface area contributed by atoms with Gasteiger partial charge in [0.2, 0.25) is 17.7 Å². The number of carbonyl (C=O) groups excluding carboxylic acids is 3. The van der Waals surface area contributed by atoms with Gasteiger partial charge in [-0.25, -0.2) is 0 Å². The number of imide groups is 1. The van der Waals surface area contributed by atoms with E-state index < -0.39 is 0 Å². The third-order valence-corrected chi connectivity index (χ3v) is 5.37. The summed E-state index contributed by atoms with van der Waals surface area (Å²) < 4.78 is 0. The fourth-order valence-electron chi connectivity index (χ4n) is 4.18. The quantitative estimate of drug-likeness (QED) is 0.617. The number of amides is 3. The lowest BCUT2D eigenvalue weighted by molar-refractivity contribution is -0.143. The van der Waals surface area contributed by atoms with Crippen LogP contribution in [0.2, 0.25) is 0 Å². The van der Waals surface area contributed by atoms with Crippen LogP contribution in [-0.4, -0.2) is 35.2 Å². The number of para-hydroxylation sites is 1. The third-order valence-electron chi connectivity index (χ3n) is 5.37. The second kappa shape index (κ2) is 5.58. The Morgan fingerprint density at radius 2 is 1.71 bits per heavy atom. The number of carbonyl (C=O) groups is 3. The van der Waals surface area contributed by atoms with Crippen LogP contribution in [0, 0.1) is 11.8 Å². The van der Waals surface area contributed by atoms with Gasteiger partial charge in [0.25, 0.3) is 0 Å². The average Bonchev–Trinajstić information content (AvgIpc) is 3.04. The molecule has 0 unspecified atom stereocenters. The molecule has 2 heterocycles. The Kier molecular flexibility index (Phi) is 3.52. The summed E-state index contributed by atoms with van der Waals surface area (Å²) in [6, 6.07) is 7.86. The molecule has 3 amide bonds. The van der Waals surface area contributed by atoms with E-state index in [4.69, 9.17) is 0 Å². The van der Waals surface area contributed by atoms with Crippen LogP contribution in [0.25, 0.3) is 0 Å². The van der Waals surface area contributed by atoms with Crippen molar-refractivity contribution < 1.29 is 14.4 Å². The zero-order valence-electron chi connectivity index (χ0n) is 13.6. The maximum Gasteiger partial charge on any atom is 0.247 e. The van der Waals surface area contributed by atoms with Crippen LogP contribution in [0.4, 0.5) is 5.69 Å². The van der Waals surface area contributed by atoms with Gasteiger partial charge in [0.15, 0.2) is 0 Å². The molecule has 1 aliphatic carbocycles. The molecule has 3 atom stereocenters. The van der Waals surface area contributed by atoms with Crippen LogP contribution >= 0.6 is 0 Å². The summed E-state index contributed by atoms with van der Waals surface area (Å²) in [7, 11) is 0. The van der Waals surface area contributed by atoms with E-state index in [1.807, 2.05) is 43.3 Å². The number of hydrogen-bond donors (Lipinski definition) is 0. The van der Waals surface area contributed by atoms with Gasteiger partial charge in [-0.15, -0.1) is 0 Å². The second-order valence-corrected chi connectivity index (χ2v) is 6.86. The molecule has 5 heteroatoms. The predicted octanol–water partition coefficient (Wildman–Crippen LogP) is 1.92. The lowest BCUT2D eigenvalue weighted by Crippen LogP contribution is -2.45. The number of likely N-dealkylation sites (tertiary alicyclic amines) is 1. The minimum atomic E-state index is -0.279. The lowest BCUT2D eigenvalue weighted by atomic mass is 9.85. The molecule has 1 aromatic rings. The first-order chi connectivity index (χ1) is 11.6. The van der Waals surface area contributed by atoms with E-state index in [0.29, 0.717) is 12.8 Å². The first-order valence-electron chi connectivity index (χ1n) is 8.48. The van der Waals surface area contributed by atoms with E-state index >= 15 is 0 Å². The maximum atomic E-state index is 12.8. The van der Waals surface area contributed by atoms with Crippen molar-refractivity contribution in [2.45, 2.75) is 32.2 Å². The van der Waals surface area contributed by atoms with Crippen molar-refractivity contribution in [3.8, 4) is 0 Å². The molecule has 0 radical (unpaired) electrons. The van der Waals surface area contributed by atoms with Crippen molar-refractivity contribution >= 4 is 23.4 Å². The Labute approximate surface area is 140 Å². The molecule has 0 aromatic heterocycles. The van der Waals surface area contributed by atoms with E-state index in [-0.39, 0.29) is 42.1 Å². The molecule has 1 fully saturated rings. The average molecular weight is 324 g/mol. The fraction of sp³-hybridized carbons (Fsp3) is 0.421. The van der Waals surface area contributed by atoms with Crippen LogP contribution in [0.3, 0.4) is 0 Å². The topological polar surface area (TPSA) is 57.7 Å². The monoisotopic (exact) mass is 324 g/mol. The summed E-state index contributed by atoms with van der Waals surface area (Å²) in [5.74, 6) is -1.12. The molecule has 1 aromatic carbocycles. The van der Waals surface area contributed by atoms with Crippen LogP contribution < -0.4 is 4.90 Å². The highest BCUT2D eigenvalue weighted by atomic mass is 16.2. The van der Waals surface area contributed by atoms with Crippen LogP contribution in [-0.2, 0) is 20.8 Å². The summed E-state index contributed by atoms with van der Waals surface area (Å²) in [5.41, 5.74) is 2.03. The number of hydrogen-bond acceptors (Lipinski definition) is 3. The fourth-order valence-corrected chi connectivity index (χ4v) is 4.18. The number of nitrogens with zero attached hydrogens (tertiary/aromatic N) is 2. The molecule has 0 saturated carbocycles. The van der Waals surface area contributed by atoms with Gasteiger partial charge in [-0.1, -0.05) is 30.4 Å². The maximum absolute atomic E-state index is 12.8. The van der Waals surface area contributed by atoms with Gasteiger partial charge in [0.1, 0.15) is 6.54 Å². The predicted molar refractivity (Wildman–Crippen MR) is 89.2 cm³/mol. The Hall–Kier alpha value is -2.43. The molecule has 2 aliphatic heterocycles. The summed E-state index contributed by atoms with van der Waals surface area (Å²) in [5, 5.41) is 0. The van der Waals surface area contributed by atoms with Gasteiger partial charge in [-0.05, 0) is 37.8 Å². The van der Waals surface area contributed by atoms with Crippen molar-refractivity contribution in [2.24, 2.45) is 11.8 Å². The van der Waals surface area contributed by atoms with Gasteiger partial charge in [-0.3, -0.25) is 19.3 Å². The van der Waals surface area contributed by atoms with Gasteiger partial charge in [-0.2, -0.15) is 0 Å². The molecule has 24 heavy (non-hydrogen) atoms. The Morgan fingerprint density at radius 1 is 1.08 bits per heavy atom. The van der Waals surface area contributed by atoms with Crippen molar-refractivity contribution in [3.63, 3.8) is 0 Å². The molecule has 4 rings (SSSR count). The minimum absolute atomic E-state index is 0.0478. The van der Waals surface area contributed by atoms with E-state index in [2.05, 4.69) is 0 Å². The smallest absolute Gasteiger partial charge is 0.247 e. The highest BCUT2D eigenvalue weighted by Gasteiger charge is 2.48. The second-order valence-electron chi connectivity index (χ2n) is 6.86. The zero-order valence-corrected chi connectivity index (χ0v) is 13.6. The molecule has 124 valence electrons. The number of rotatable bonds is 2. The molecule has 1 saturated heterocycles. The minimum Gasteiger partial charge on any atom is -0.307 e. The van der Waals surface area contributed by atoms with Crippen LogP contribution in [0.5, 0.6) is 0 Å². The molecule has 0 spiro atoms. The number of fused-ring (bicyclic) bond motifs is 2. The Bertz CT molecular complexity index is 729. The molecular formula is C19H20N2O3. The number of allylic oxidation sites excluding steroid dienone is 2. The zero-order chi connectivity index (χ0) is 16.8. The Balaban J connectivity index is 1.55. The molecular weight excluding hydrogens is 304 g/mol. The highest BCUT2D eigenvalue weighted by Crippen LogP contribution is 2.36. The summed E-state index contributed by atoms with van der Waals surface area (Å²) in [4.78, 5) is 40.8. The molecule has 0 bridgehead atoms. The van der Waals surface area contributed by atoms with Crippen molar-refractivity contribution in [2.75, 3.05) is 11.4 Å². The summed E-state index contributed by atoms with van der Waals surface area (Å²) in [6.45, 7) is 1.85. The van der Waals surface area contributed by atoms with Crippen molar-refractivity contribution in [1.29, 1.82) is 0 Å². The lowest BCUT2D eigenvalue weighted by Gasteiger charge is -2.25. The van der Waals surface area contributed by atoms with Gasteiger partial charge >= 0.3 is 0 Å². The van der Waals surface area contributed by atoms with Gasteiger partial charge < -0.3 is 4.90 Å². The largest absolute Gasteiger partial charge is 0.307 e. The van der Waals surface area contributed by atoms with Gasteiger partial charge in [0.05, 0.1) is 11.8 Å². The molecule has 0 N–H and O–H groups in total. The third kappa shape index (κ3) is 2.19. The SMILES string of the molecule is C[C@@H]1Cc2ccccc2N1C(=O)CN1C(=O)[C@@H]2CC=CC[C@H]2C1=O. The van der Waals surface area contributed by atoms with E-state index in [1.54, 1.807) is 4.90 Å². The number of benzene rings is 1. The molecule has 3 aliphatic rings. The van der Waals surface area contributed by atoms with E-state index in [0.717, 1.165) is 17.7 Å². The molecule has 5 nitrogen and oxygen atoms in total. The first-order valence-corrected chi connectivity index (χ1v) is 8.48.